The van der Waals surface area contributed by atoms with Crippen molar-refractivity contribution < 1.29 is 9.72 Å². The maximum Gasteiger partial charge on any atom is 0.270 e. The van der Waals surface area contributed by atoms with E-state index in [0.717, 1.165) is 5.56 Å². The lowest BCUT2D eigenvalue weighted by molar-refractivity contribution is -0.384. The largest absolute Gasteiger partial charge is 0.273 e. The SMILES string of the molecule is CCC(=O)N1N=C(c2cccc([N+](=O)[O-])c2)CC1c1ccccc1. The van der Waals surface area contributed by atoms with E-state index in [4.69, 9.17) is 0 Å². The first-order valence-corrected chi connectivity index (χ1v) is 7.79. The van der Waals surface area contributed by atoms with Gasteiger partial charge >= 0.3 is 0 Å². The molecule has 1 atom stereocenters. The highest BCUT2D eigenvalue weighted by atomic mass is 16.6. The number of nitro benzene ring substituents is 1. The second-order valence-electron chi connectivity index (χ2n) is 5.58. The normalized spacial score (nSPS) is 16.8. The summed E-state index contributed by atoms with van der Waals surface area (Å²) in [5, 5.41) is 16.9. The molecule has 122 valence electrons. The van der Waals surface area contributed by atoms with Crippen LogP contribution < -0.4 is 0 Å². The summed E-state index contributed by atoms with van der Waals surface area (Å²) in [5.41, 5.74) is 2.39. The fourth-order valence-electron chi connectivity index (χ4n) is 2.81. The summed E-state index contributed by atoms with van der Waals surface area (Å²) >= 11 is 0. The van der Waals surface area contributed by atoms with Gasteiger partial charge in [0.15, 0.2) is 0 Å². The number of nitro groups is 1. The Bertz CT molecular complexity index is 802. The molecule has 24 heavy (non-hydrogen) atoms. The van der Waals surface area contributed by atoms with Crippen LogP contribution in [0.5, 0.6) is 0 Å². The Morgan fingerprint density at radius 1 is 1.25 bits per heavy atom. The first-order chi connectivity index (χ1) is 11.6. The fraction of sp³-hybridized carbons (Fsp3) is 0.222. The summed E-state index contributed by atoms with van der Waals surface area (Å²) in [6.07, 6.45) is 0.895. The summed E-state index contributed by atoms with van der Waals surface area (Å²) < 4.78 is 0. The Morgan fingerprint density at radius 2 is 2.00 bits per heavy atom. The number of non-ortho nitro benzene ring substituents is 1. The molecule has 1 unspecified atom stereocenters. The van der Waals surface area contributed by atoms with E-state index in [2.05, 4.69) is 5.10 Å². The summed E-state index contributed by atoms with van der Waals surface area (Å²) in [5.74, 6) is -0.0655. The standard InChI is InChI=1S/C18H17N3O3/c1-2-18(22)20-17(13-7-4-3-5-8-13)12-16(19-20)14-9-6-10-15(11-14)21(23)24/h3-11,17H,2,12H2,1H3. The fourth-order valence-corrected chi connectivity index (χ4v) is 2.81. The van der Waals surface area contributed by atoms with Crippen molar-refractivity contribution >= 4 is 17.3 Å². The minimum atomic E-state index is -0.428. The molecule has 0 aliphatic carbocycles. The van der Waals surface area contributed by atoms with Crippen LogP contribution >= 0.6 is 0 Å². The van der Waals surface area contributed by atoms with Crippen LogP contribution in [0.1, 0.15) is 36.9 Å². The predicted octanol–water partition coefficient (Wildman–Crippen LogP) is 3.68. The molecule has 0 spiro atoms. The van der Waals surface area contributed by atoms with Gasteiger partial charge in [-0.25, -0.2) is 5.01 Å². The highest BCUT2D eigenvalue weighted by Gasteiger charge is 2.32. The zero-order valence-electron chi connectivity index (χ0n) is 13.3. The Kier molecular flexibility index (Phi) is 4.37. The maximum atomic E-state index is 12.3. The number of amides is 1. The van der Waals surface area contributed by atoms with Crippen LogP contribution in [0.4, 0.5) is 5.69 Å². The van der Waals surface area contributed by atoms with E-state index in [9.17, 15) is 14.9 Å². The zero-order chi connectivity index (χ0) is 17.1. The number of benzene rings is 2. The molecule has 1 aliphatic rings. The minimum absolute atomic E-state index is 0.0201. The van der Waals surface area contributed by atoms with Crippen LogP contribution in [0.3, 0.4) is 0 Å². The molecule has 1 heterocycles. The summed E-state index contributed by atoms with van der Waals surface area (Å²) in [6, 6.07) is 15.9. The van der Waals surface area contributed by atoms with Crippen LogP contribution in [-0.4, -0.2) is 21.6 Å². The van der Waals surface area contributed by atoms with Crippen molar-refractivity contribution in [3.8, 4) is 0 Å². The highest BCUT2D eigenvalue weighted by Crippen LogP contribution is 2.33. The van der Waals surface area contributed by atoms with Crippen molar-refractivity contribution in [1.29, 1.82) is 0 Å². The summed E-state index contributed by atoms with van der Waals surface area (Å²) in [4.78, 5) is 22.8. The Labute approximate surface area is 139 Å². The number of nitrogens with zero attached hydrogens (tertiary/aromatic N) is 3. The first kappa shape index (κ1) is 15.9. The Hall–Kier alpha value is -3.02. The van der Waals surface area contributed by atoms with Gasteiger partial charge in [0.2, 0.25) is 5.91 Å². The second-order valence-corrected chi connectivity index (χ2v) is 5.58. The molecule has 6 heteroatoms. The molecule has 0 saturated carbocycles. The Morgan fingerprint density at radius 3 is 2.67 bits per heavy atom. The smallest absolute Gasteiger partial charge is 0.270 e. The van der Waals surface area contributed by atoms with Gasteiger partial charge in [-0.15, -0.1) is 0 Å². The number of hydrogen-bond donors (Lipinski definition) is 0. The molecule has 2 aromatic carbocycles. The third-order valence-electron chi connectivity index (χ3n) is 4.04. The molecule has 0 radical (unpaired) electrons. The van der Waals surface area contributed by atoms with Crippen LogP contribution in [-0.2, 0) is 4.79 Å². The van der Waals surface area contributed by atoms with Crippen molar-refractivity contribution in [2.75, 3.05) is 0 Å². The molecule has 3 rings (SSSR count). The van der Waals surface area contributed by atoms with Crippen molar-refractivity contribution in [2.24, 2.45) is 5.10 Å². The number of hydrogen-bond acceptors (Lipinski definition) is 4. The monoisotopic (exact) mass is 323 g/mol. The quantitative estimate of drug-likeness (QED) is 0.636. The summed E-state index contributed by atoms with van der Waals surface area (Å²) in [7, 11) is 0. The van der Waals surface area contributed by atoms with Crippen LogP contribution in [0, 0.1) is 10.1 Å². The molecule has 0 N–H and O–H groups in total. The van der Waals surface area contributed by atoms with Crippen molar-refractivity contribution in [2.45, 2.75) is 25.8 Å². The molecule has 0 saturated heterocycles. The van der Waals surface area contributed by atoms with Gasteiger partial charge in [0.25, 0.3) is 5.69 Å². The molecule has 0 aromatic heterocycles. The van der Waals surface area contributed by atoms with Gasteiger partial charge in [0.05, 0.1) is 16.7 Å². The van der Waals surface area contributed by atoms with E-state index < -0.39 is 4.92 Å². The van der Waals surface area contributed by atoms with Gasteiger partial charge in [-0.05, 0) is 5.56 Å². The van der Waals surface area contributed by atoms with Gasteiger partial charge in [-0.1, -0.05) is 49.4 Å². The zero-order valence-corrected chi connectivity index (χ0v) is 13.3. The van der Waals surface area contributed by atoms with E-state index in [0.29, 0.717) is 24.1 Å². The molecule has 1 amide bonds. The summed E-state index contributed by atoms with van der Waals surface area (Å²) in [6.45, 7) is 1.80. The first-order valence-electron chi connectivity index (χ1n) is 7.79. The van der Waals surface area contributed by atoms with Crippen LogP contribution in [0.15, 0.2) is 59.7 Å². The predicted molar refractivity (Wildman–Crippen MR) is 90.6 cm³/mol. The molecule has 0 bridgehead atoms. The highest BCUT2D eigenvalue weighted by molar-refractivity contribution is 6.03. The van der Waals surface area contributed by atoms with E-state index in [1.807, 2.05) is 30.3 Å². The Balaban J connectivity index is 1.97. The van der Waals surface area contributed by atoms with Crippen molar-refractivity contribution in [3.63, 3.8) is 0 Å². The number of hydrazone groups is 1. The van der Waals surface area contributed by atoms with Crippen molar-refractivity contribution in [3.05, 3.63) is 75.8 Å². The number of rotatable bonds is 4. The lowest BCUT2D eigenvalue weighted by Crippen LogP contribution is -2.26. The van der Waals surface area contributed by atoms with E-state index in [-0.39, 0.29) is 17.6 Å². The van der Waals surface area contributed by atoms with E-state index in [1.54, 1.807) is 19.1 Å². The number of carbonyl (C=O) groups excluding carboxylic acids is 1. The van der Waals surface area contributed by atoms with Crippen LogP contribution in [0.25, 0.3) is 0 Å². The van der Waals surface area contributed by atoms with Gasteiger partial charge in [0, 0.05) is 30.5 Å². The van der Waals surface area contributed by atoms with E-state index >= 15 is 0 Å². The third-order valence-corrected chi connectivity index (χ3v) is 4.04. The average Bonchev–Trinajstić information content (AvgIpc) is 3.07. The molecule has 0 fully saturated rings. The second kappa shape index (κ2) is 6.62. The average molecular weight is 323 g/mol. The topological polar surface area (TPSA) is 75.8 Å². The van der Waals surface area contributed by atoms with Gasteiger partial charge in [-0.3, -0.25) is 14.9 Å². The molecule has 2 aromatic rings. The number of carbonyl (C=O) groups is 1. The molecule has 1 aliphatic heterocycles. The molecular formula is C18H17N3O3. The third kappa shape index (κ3) is 3.03. The van der Waals surface area contributed by atoms with Gasteiger partial charge in [0.1, 0.15) is 0 Å². The lowest BCUT2D eigenvalue weighted by atomic mass is 9.98. The lowest BCUT2D eigenvalue weighted by Gasteiger charge is -2.21. The molecular weight excluding hydrogens is 306 g/mol. The van der Waals surface area contributed by atoms with E-state index in [1.165, 1.54) is 17.1 Å². The maximum absolute atomic E-state index is 12.3. The van der Waals surface area contributed by atoms with Crippen LogP contribution in [0.2, 0.25) is 0 Å². The molecule has 6 nitrogen and oxygen atoms in total. The van der Waals surface area contributed by atoms with Gasteiger partial charge in [-0.2, -0.15) is 5.10 Å². The van der Waals surface area contributed by atoms with Crippen molar-refractivity contribution in [1.82, 2.24) is 5.01 Å². The van der Waals surface area contributed by atoms with Gasteiger partial charge < -0.3 is 0 Å². The minimum Gasteiger partial charge on any atom is -0.273 e.